The Morgan fingerprint density at radius 2 is 1.69 bits per heavy atom. The lowest BCUT2D eigenvalue weighted by Gasteiger charge is -2.49. The van der Waals surface area contributed by atoms with Crippen LogP contribution in [0.4, 0.5) is 0 Å². The van der Waals surface area contributed by atoms with E-state index in [1.807, 2.05) is 34.6 Å². The highest BCUT2D eigenvalue weighted by molar-refractivity contribution is 5.95. The normalized spacial score (nSPS) is 39.3. The van der Waals surface area contributed by atoms with E-state index in [4.69, 9.17) is 9.47 Å². The second-order valence-electron chi connectivity index (χ2n) is 11.6. The zero-order chi connectivity index (χ0) is 27.3. The average molecular weight is 507 g/mol. The molecule has 8 heteroatoms. The zero-order valence-electron chi connectivity index (χ0n) is 22.6. The minimum absolute atomic E-state index is 0.0711. The number of carbonyl (C=O) groups is 3. The Kier molecular flexibility index (Phi) is 7.68. The van der Waals surface area contributed by atoms with E-state index in [1.54, 1.807) is 19.9 Å². The van der Waals surface area contributed by atoms with Gasteiger partial charge in [-0.1, -0.05) is 46.8 Å². The van der Waals surface area contributed by atoms with Crippen molar-refractivity contribution in [3.63, 3.8) is 0 Å². The highest BCUT2D eigenvalue weighted by atomic mass is 16.6. The largest absolute Gasteiger partial charge is 0.459 e. The number of esters is 2. The van der Waals surface area contributed by atoms with Crippen LogP contribution in [-0.2, 0) is 23.9 Å². The summed E-state index contributed by atoms with van der Waals surface area (Å²) < 4.78 is 11.8. The first kappa shape index (κ1) is 28.5. The minimum atomic E-state index is -2.24. The molecule has 1 fully saturated rings. The number of rotatable bonds is 7. The molecule has 0 aromatic rings. The molecule has 202 valence electrons. The first-order chi connectivity index (χ1) is 16.7. The average Bonchev–Trinajstić information content (AvgIpc) is 2.95. The summed E-state index contributed by atoms with van der Waals surface area (Å²) in [5.41, 5.74) is -5.39. The molecule has 3 aliphatic rings. The van der Waals surface area contributed by atoms with Gasteiger partial charge in [0.1, 0.15) is 11.7 Å². The Morgan fingerprint density at radius 3 is 2.25 bits per heavy atom. The third-order valence-electron chi connectivity index (χ3n) is 9.06. The molecule has 0 aliphatic heterocycles. The first-order valence-electron chi connectivity index (χ1n) is 13.0. The summed E-state index contributed by atoms with van der Waals surface area (Å²) in [4.78, 5) is 39.8. The molecule has 7 atom stereocenters. The minimum Gasteiger partial charge on any atom is -0.459 e. The Balaban J connectivity index is 2.28. The summed E-state index contributed by atoms with van der Waals surface area (Å²) in [5, 5.41) is 34.2. The lowest BCUT2D eigenvalue weighted by Crippen LogP contribution is -2.65. The number of hydrogen-bond acceptors (Lipinski definition) is 8. The lowest BCUT2D eigenvalue weighted by atomic mass is 9.59. The predicted molar refractivity (Wildman–Crippen MR) is 133 cm³/mol. The lowest BCUT2D eigenvalue weighted by molar-refractivity contribution is -0.204. The molecule has 1 spiro atoms. The Labute approximate surface area is 213 Å². The number of carbonyl (C=O) groups excluding carboxylic acids is 3. The van der Waals surface area contributed by atoms with Gasteiger partial charge in [0.15, 0.2) is 17.5 Å². The molecule has 3 N–H and O–H groups in total. The number of aliphatic hydroxyl groups is 3. The van der Waals surface area contributed by atoms with Crippen LogP contribution < -0.4 is 0 Å². The van der Waals surface area contributed by atoms with E-state index in [9.17, 15) is 29.7 Å². The molecule has 0 amide bonds. The van der Waals surface area contributed by atoms with Crippen LogP contribution in [0.2, 0.25) is 0 Å². The Hall–Kier alpha value is -2.03. The molecule has 0 aromatic heterocycles. The van der Waals surface area contributed by atoms with Gasteiger partial charge in [0.2, 0.25) is 0 Å². The van der Waals surface area contributed by atoms with Crippen molar-refractivity contribution in [1.29, 1.82) is 0 Å². The van der Waals surface area contributed by atoms with Crippen LogP contribution >= 0.6 is 0 Å². The Morgan fingerprint density at radius 1 is 1.11 bits per heavy atom. The van der Waals surface area contributed by atoms with Crippen LogP contribution in [0.3, 0.4) is 0 Å². The fourth-order valence-corrected chi connectivity index (χ4v) is 6.72. The number of ether oxygens (including phenoxy) is 2. The maximum absolute atomic E-state index is 14.6. The summed E-state index contributed by atoms with van der Waals surface area (Å²) in [6.07, 6.45) is 1.97. The smallest absolute Gasteiger partial charge is 0.306 e. The quantitative estimate of drug-likeness (QED) is 0.355. The molecule has 3 rings (SSSR count). The van der Waals surface area contributed by atoms with Gasteiger partial charge in [-0.15, -0.1) is 0 Å². The molecule has 0 aromatic carbocycles. The van der Waals surface area contributed by atoms with Crippen molar-refractivity contribution in [2.24, 2.45) is 22.7 Å². The molecular weight excluding hydrogens is 464 g/mol. The summed E-state index contributed by atoms with van der Waals surface area (Å²) in [5.74, 6) is -2.78. The van der Waals surface area contributed by atoms with E-state index in [0.29, 0.717) is 18.4 Å². The fraction of sp³-hybridized carbons (Fsp3) is 0.750. The van der Waals surface area contributed by atoms with E-state index >= 15 is 0 Å². The molecule has 2 bridgehead atoms. The number of ketones is 1. The number of allylic oxidation sites excluding steroid dienone is 1. The van der Waals surface area contributed by atoms with Crippen LogP contribution in [-0.4, -0.2) is 63.1 Å². The van der Waals surface area contributed by atoms with E-state index in [1.165, 1.54) is 6.08 Å². The number of Topliss-reactive ketones (excluding diaryl/α,β-unsaturated/α-hetero) is 1. The Bertz CT molecular complexity index is 980. The van der Waals surface area contributed by atoms with E-state index in [2.05, 4.69) is 0 Å². The highest BCUT2D eigenvalue weighted by Gasteiger charge is 2.74. The van der Waals surface area contributed by atoms with Crippen molar-refractivity contribution < 1.29 is 39.2 Å². The van der Waals surface area contributed by atoms with E-state index in [0.717, 1.165) is 0 Å². The highest BCUT2D eigenvalue weighted by Crippen LogP contribution is 2.64. The van der Waals surface area contributed by atoms with Gasteiger partial charge in [-0.2, -0.15) is 0 Å². The van der Waals surface area contributed by atoms with Gasteiger partial charge in [0.25, 0.3) is 0 Å². The zero-order valence-corrected chi connectivity index (χ0v) is 22.6. The maximum atomic E-state index is 14.6. The third kappa shape index (κ3) is 3.87. The second-order valence-corrected chi connectivity index (χ2v) is 11.6. The monoisotopic (exact) mass is 506 g/mol. The van der Waals surface area contributed by atoms with Crippen molar-refractivity contribution in [3.05, 3.63) is 23.3 Å². The van der Waals surface area contributed by atoms with Gasteiger partial charge in [-0.05, 0) is 50.2 Å². The summed E-state index contributed by atoms with van der Waals surface area (Å²) in [7, 11) is 0. The summed E-state index contributed by atoms with van der Waals surface area (Å²) in [6.45, 7) is 12.1. The van der Waals surface area contributed by atoms with Gasteiger partial charge in [0, 0.05) is 24.2 Å². The maximum Gasteiger partial charge on any atom is 0.306 e. The van der Waals surface area contributed by atoms with E-state index < -0.39 is 58.7 Å². The van der Waals surface area contributed by atoms with Crippen molar-refractivity contribution in [2.45, 2.75) is 104 Å². The van der Waals surface area contributed by atoms with Crippen molar-refractivity contribution >= 4 is 17.7 Å². The fourth-order valence-electron chi connectivity index (χ4n) is 6.72. The van der Waals surface area contributed by atoms with Crippen molar-refractivity contribution in [2.75, 3.05) is 6.61 Å². The third-order valence-corrected chi connectivity index (χ3v) is 9.06. The molecular formula is C28H42O8. The predicted octanol–water partition coefficient (Wildman–Crippen LogP) is 3.02. The molecule has 0 saturated heterocycles. The molecule has 3 aliphatic carbocycles. The van der Waals surface area contributed by atoms with Gasteiger partial charge in [-0.25, -0.2) is 0 Å². The molecule has 0 heterocycles. The molecule has 1 saturated carbocycles. The SMILES string of the molecule is CCCC(=O)OC1C(C)=CC23C(=O)C(C=C(CO)C(O)C12O)C(C)(C)[C@](C)(OC(=O)CCC)CC3C. The number of hydrogen-bond donors (Lipinski definition) is 3. The molecule has 6 unspecified atom stereocenters. The van der Waals surface area contributed by atoms with Gasteiger partial charge in [-0.3, -0.25) is 14.4 Å². The van der Waals surface area contributed by atoms with Gasteiger partial charge in [0.05, 0.1) is 12.0 Å². The molecule has 36 heavy (non-hydrogen) atoms. The molecule has 8 nitrogen and oxygen atoms in total. The first-order valence-corrected chi connectivity index (χ1v) is 13.0. The number of aliphatic hydroxyl groups excluding tert-OH is 2. The number of fused-ring (bicyclic) bond motifs is 1. The van der Waals surface area contributed by atoms with Crippen molar-refractivity contribution in [1.82, 2.24) is 0 Å². The van der Waals surface area contributed by atoms with Crippen LogP contribution in [0.15, 0.2) is 23.3 Å². The topological polar surface area (TPSA) is 130 Å². The van der Waals surface area contributed by atoms with Gasteiger partial charge < -0.3 is 24.8 Å². The van der Waals surface area contributed by atoms with E-state index in [-0.39, 0.29) is 36.6 Å². The van der Waals surface area contributed by atoms with Crippen LogP contribution in [0, 0.1) is 22.7 Å². The van der Waals surface area contributed by atoms with Crippen LogP contribution in [0.25, 0.3) is 0 Å². The standard InChI is InChI=1S/C28H42O8/c1-8-10-20(30)35-24-16(3)13-27-17(4)14-26(7,36-21(31)11-9-2)25(5,6)19(23(27)33)12-18(15-29)22(32)28(24,27)34/h12-13,17,19,22,24,29,32,34H,8-11,14-15H2,1-7H3/t17?,19?,22?,24?,26-,27?,28?/m1/s1. The molecule has 0 radical (unpaired) electrons. The van der Waals surface area contributed by atoms with Crippen molar-refractivity contribution in [3.8, 4) is 0 Å². The second kappa shape index (κ2) is 9.69. The van der Waals surface area contributed by atoms with Crippen LogP contribution in [0.5, 0.6) is 0 Å². The van der Waals surface area contributed by atoms with Gasteiger partial charge >= 0.3 is 11.9 Å². The summed E-state index contributed by atoms with van der Waals surface area (Å²) in [6, 6.07) is 0. The summed E-state index contributed by atoms with van der Waals surface area (Å²) >= 11 is 0. The van der Waals surface area contributed by atoms with Crippen LogP contribution in [0.1, 0.15) is 80.6 Å².